The number of halogens is 6. The number of hydrogen-bond acceptors (Lipinski definition) is 0. The molecule has 0 fully saturated rings. The van der Waals surface area contributed by atoms with Gasteiger partial charge < -0.3 is 0 Å². The first-order chi connectivity index (χ1) is 8.38. The van der Waals surface area contributed by atoms with E-state index >= 15 is 0 Å². The minimum atomic E-state index is -5.34. The Morgan fingerprint density at radius 2 is 1.32 bits per heavy atom. The van der Waals surface area contributed by atoms with Crippen LogP contribution in [0.4, 0.5) is 26.3 Å². The van der Waals surface area contributed by atoms with Crippen molar-refractivity contribution >= 4 is 0 Å². The largest absolute Gasteiger partial charge is 0.403 e. The predicted octanol–water partition coefficient (Wildman–Crippen LogP) is 4.98. The lowest BCUT2D eigenvalue weighted by Crippen LogP contribution is -2.49. The summed E-state index contributed by atoms with van der Waals surface area (Å²) in [6.07, 6.45) is -11.8. The van der Waals surface area contributed by atoms with Gasteiger partial charge in [0.2, 0.25) is 0 Å². The summed E-state index contributed by atoms with van der Waals surface area (Å²) in [4.78, 5) is 0. The normalized spacial score (nSPS) is 13.7. The molecule has 0 saturated carbocycles. The zero-order chi connectivity index (χ0) is 15.1. The second-order valence-electron chi connectivity index (χ2n) is 4.92. The molecule has 0 aliphatic heterocycles. The Hall–Kier alpha value is -1.20. The molecule has 0 N–H and O–H groups in total. The van der Waals surface area contributed by atoms with Crippen LogP contribution in [0.2, 0.25) is 0 Å². The third-order valence-corrected chi connectivity index (χ3v) is 3.38. The van der Waals surface area contributed by atoms with Gasteiger partial charge in [-0.3, -0.25) is 0 Å². The van der Waals surface area contributed by atoms with E-state index in [9.17, 15) is 26.3 Å². The van der Waals surface area contributed by atoms with Crippen LogP contribution in [0.25, 0.3) is 0 Å². The molecule has 19 heavy (non-hydrogen) atoms. The van der Waals surface area contributed by atoms with E-state index in [1.807, 2.05) is 0 Å². The molecule has 0 nitrogen and oxygen atoms in total. The van der Waals surface area contributed by atoms with E-state index in [0.717, 1.165) is 5.56 Å². The van der Waals surface area contributed by atoms with Gasteiger partial charge >= 0.3 is 12.4 Å². The molecule has 0 aromatic heterocycles. The van der Waals surface area contributed by atoms with E-state index in [1.165, 1.54) is 18.2 Å². The molecule has 0 unspecified atom stereocenters. The lowest BCUT2D eigenvalue weighted by Gasteiger charge is -2.34. The third-order valence-electron chi connectivity index (χ3n) is 3.38. The van der Waals surface area contributed by atoms with Gasteiger partial charge in [-0.25, -0.2) is 0 Å². The topological polar surface area (TPSA) is 0 Å². The molecule has 108 valence electrons. The first-order valence-corrected chi connectivity index (χ1v) is 5.58. The first-order valence-electron chi connectivity index (χ1n) is 5.58. The summed E-state index contributed by atoms with van der Waals surface area (Å²) in [7, 11) is 0. The van der Waals surface area contributed by atoms with Crippen LogP contribution in [-0.2, 0) is 6.42 Å². The van der Waals surface area contributed by atoms with E-state index in [1.54, 1.807) is 13.8 Å². The Morgan fingerprint density at radius 1 is 0.842 bits per heavy atom. The smallest absolute Gasteiger partial charge is 0.170 e. The molecule has 6 heteroatoms. The molecule has 0 radical (unpaired) electrons. The minimum Gasteiger partial charge on any atom is -0.170 e. The quantitative estimate of drug-likeness (QED) is 0.672. The van der Waals surface area contributed by atoms with Crippen molar-refractivity contribution in [3.05, 3.63) is 34.9 Å². The lowest BCUT2D eigenvalue weighted by molar-refractivity contribution is -0.334. The number of aryl methyl sites for hydroxylation is 2. The van der Waals surface area contributed by atoms with Gasteiger partial charge in [-0.2, -0.15) is 26.3 Å². The SMILES string of the molecule is Cc1ccc(CC(C)(C(F)(F)F)C(F)(F)F)cc1C. The Morgan fingerprint density at radius 3 is 1.68 bits per heavy atom. The Labute approximate surface area is 107 Å². The van der Waals surface area contributed by atoms with Gasteiger partial charge in [0.05, 0.1) is 0 Å². The highest BCUT2D eigenvalue weighted by Crippen LogP contribution is 2.51. The van der Waals surface area contributed by atoms with Crippen LogP contribution in [-0.4, -0.2) is 12.4 Å². The molecule has 0 saturated heterocycles. The standard InChI is InChI=1S/C13H14F6/c1-8-4-5-10(6-9(8)2)7-11(3,12(14,15)16)13(17,18)19/h4-6H,7H2,1-3H3. The minimum absolute atomic E-state index is 0.0280. The van der Waals surface area contributed by atoms with Gasteiger partial charge in [0.25, 0.3) is 0 Å². The zero-order valence-electron chi connectivity index (χ0n) is 10.7. The molecule has 0 heterocycles. The van der Waals surface area contributed by atoms with Crippen molar-refractivity contribution in [1.29, 1.82) is 0 Å². The zero-order valence-corrected chi connectivity index (χ0v) is 10.7. The van der Waals surface area contributed by atoms with Crippen LogP contribution in [0.15, 0.2) is 18.2 Å². The maximum Gasteiger partial charge on any atom is 0.403 e. The maximum absolute atomic E-state index is 12.7. The summed E-state index contributed by atoms with van der Waals surface area (Å²) < 4.78 is 76.5. The van der Waals surface area contributed by atoms with Crippen molar-refractivity contribution in [3.63, 3.8) is 0 Å². The highest BCUT2D eigenvalue weighted by Gasteiger charge is 2.67. The summed E-state index contributed by atoms with van der Waals surface area (Å²) in [6.45, 7) is 3.59. The molecule has 0 atom stereocenters. The van der Waals surface area contributed by atoms with Crippen LogP contribution in [0.5, 0.6) is 0 Å². The summed E-state index contributed by atoms with van der Waals surface area (Å²) in [6, 6.07) is 4.20. The highest BCUT2D eigenvalue weighted by atomic mass is 19.4. The molecule has 0 aliphatic carbocycles. The van der Waals surface area contributed by atoms with Gasteiger partial charge in [0, 0.05) is 0 Å². The van der Waals surface area contributed by atoms with Gasteiger partial charge in [0.15, 0.2) is 5.41 Å². The molecule has 0 aliphatic rings. The molecule has 0 amide bonds. The van der Waals surface area contributed by atoms with Gasteiger partial charge in [-0.15, -0.1) is 0 Å². The van der Waals surface area contributed by atoms with Crippen LogP contribution >= 0.6 is 0 Å². The van der Waals surface area contributed by atoms with E-state index in [2.05, 4.69) is 0 Å². The predicted molar refractivity (Wildman–Crippen MR) is 59.8 cm³/mol. The van der Waals surface area contributed by atoms with E-state index in [0.29, 0.717) is 5.56 Å². The van der Waals surface area contributed by atoms with Gasteiger partial charge in [-0.05, 0) is 43.9 Å². The molecule has 1 aromatic carbocycles. The summed E-state index contributed by atoms with van der Waals surface area (Å²) in [5, 5.41) is 0. The Balaban J connectivity index is 3.20. The van der Waals surface area contributed by atoms with E-state index in [-0.39, 0.29) is 12.5 Å². The van der Waals surface area contributed by atoms with E-state index in [4.69, 9.17) is 0 Å². The number of alkyl halides is 6. The number of hydrogen-bond donors (Lipinski definition) is 0. The van der Waals surface area contributed by atoms with Crippen molar-refractivity contribution in [2.75, 3.05) is 0 Å². The monoisotopic (exact) mass is 284 g/mol. The fraction of sp³-hybridized carbons (Fsp3) is 0.538. The second-order valence-corrected chi connectivity index (χ2v) is 4.92. The van der Waals surface area contributed by atoms with E-state index < -0.39 is 24.2 Å². The summed E-state index contributed by atoms with van der Waals surface area (Å²) in [5.74, 6) is 0. The molecular formula is C13H14F6. The number of benzene rings is 1. The van der Waals surface area contributed by atoms with Crippen molar-refractivity contribution in [3.8, 4) is 0 Å². The summed E-state index contributed by atoms with van der Waals surface area (Å²) >= 11 is 0. The average Bonchev–Trinajstić information content (AvgIpc) is 2.20. The molecule has 1 aromatic rings. The molecule has 0 spiro atoms. The fourth-order valence-corrected chi connectivity index (χ4v) is 1.68. The van der Waals surface area contributed by atoms with Gasteiger partial charge in [0.1, 0.15) is 0 Å². The van der Waals surface area contributed by atoms with Crippen LogP contribution in [0.3, 0.4) is 0 Å². The van der Waals surface area contributed by atoms with Crippen LogP contribution in [0.1, 0.15) is 23.6 Å². The van der Waals surface area contributed by atoms with Crippen molar-refractivity contribution < 1.29 is 26.3 Å². The van der Waals surface area contributed by atoms with Crippen molar-refractivity contribution in [2.24, 2.45) is 5.41 Å². The first kappa shape index (κ1) is 15.9. The fourth-order valence-electron chi connectivity index (χ4n) is 1.68. The Kier molecular flexibility index (Phi) is 3.94. The Bertz CT molecular complexity index is 441. The van der Waals surface area contributed by atoms with Crippen molar-refractivity contribution in [2.45, 2.75) is 39.5 Å². The number of rotatable bonds is 2. The molecular weight excluding hydrogens is 270 g/mol. The van der Waals surface area contributed by atoms with Crippen LogP contribution in [0, 0.1) is 19.3 Å². The molecule has 0 bridgehead atoms. The average molecular weight is 284 g/mol. The van der Waals surface area contributed by atoms with Crippen molar-refractivity contribution in [1.82, 2.24) is 0 Å². The van der Waals surface area contributed by atoms with Crippen LogP contribution < -0.4 is 0 Å². The third kappa shape index (κ3) is 3.04. The maximum atomic E-state index is 12.7. The molecule has 1 rings (SSSR count). The second kappa shape index (κ2) is 4.72. The van der Waals surface area contributed by atoms with Gasteiger partial charge in [-0.1, -0.05) is 18.2 Å². The highest BCUT2D eigenvalue weighted by molar-refractivity contribution is 5.30. The summed E-state index contributed by atoms with van der Waals surface area (Å²) in [5.41, 5.74) is -2.21. The lowest BCUT2D eigenvalue weighted by atomic mass is 9.81.